The fourth-order valence-corrected chi connectivity index (χ4v) is 1.10. The number of carboxylic acids is 2. The van der Waals surface area contributed by atoms with Gasteiger partial charge in [0.2, 0.25) is 5.91 Å². The zero-order valence-corrected chi connectivity index (χ0v) is 10.3. The Balaban J connectivity index is 3.85. The van der Waals surface area contributed by atoms with E-state index in [0.29, 0.717) is 6.42 Å². The van der Waals surface area contributed by atoms with Crippen molar-refractivity contribution in [1.29, 1.82) is 0 Å². The van der Waals surface area contributed by atoms with E-state index in [0.717, 1.165) is 0 Å². The first kappa shape index (κ1) is 16.8. The van der Waals surface area contributed by atoms with Crippen LogP contribution in [0.25, 0.3) is 0 Å². The number of hydrogen-bond donors (Lipinski definition) is 5. The summed E-state index contributed by atoms with van der Waals surface area (Å²) in [6, 6.07) is -0.943. The number of nitrogens with one attached hydrogen (secondary N) is 1. The Labute approximate surface area is 109 Å². The lowest BCUT2D eigenvalue weighted by Gasteiger charge is -2.05. The fourth-order valence-electron chi connectivity index (χ4n) is 1.10. The van der Waals surface area contributed by atoms with Gasteiger partial charge in [-0.25, -0.2) is 0 Å². The summed E-state index contributed by atoms with van der Waals surface area (Å²) < 4.78 is 0. The standard InChI is InChI=1S/C10H18N4O5/c11-6(9(18)19)2-1-5-13-10(12)14-7(15)3-4-8(16)17/h6H,1-5,11H2,(H,16,17)(H,18,19)(H3,12,13,14,15)/t6-/m0/s1. The molecule has 0 saturated carbocycles. The van der Waals surface area contributed by atoms with Crippen LogP contribution in [-0.2, 0) is 14.4 Å². The summed E-state index contributed by atoms with van der Waals surface area (Å²) in [5, 5.41) is 19.1. The van der Waals surface area contributed by atoms with Gasteiger partial charge in [-0.2, -0.15) is 0 Å². The average Bonchev–Trinajstić information content (AvgIpc) is 2.31. The van der Waals surface area contributed by atoms with Gasteiger partial charge >= 0.3 is 11.9 Å². The maximum absolute atomic E-state index is 11.2. The molecule has 0 fully saturated rings. The minimum absolute atomic E-state index is 0.126. The molecule has 0 aromatic heterocycles. The highest BCUT2D eigenvalue weighted by atomic mass is 16.4. The maximum atomic E-state index is 11.2. The molecule has 0 spiro atoms. The number of hydrogen-bond acceptors (Lipinski definition) is 5. The number of amides is 1. The third-order valence-corrected chi connectivity index (χ3v) is 2.11. The predicted molar refractivity (Wildman–Crippen MR) is 66.3 cm³/mol. The first-order valence-electron chi connectivity index (χ1n) is 5.63. The second-order valence-corrected chi connectivity index (χ2v) is 3.80. The molecule has 0 unspecified atom stereocenters. The summed E-state index contributed by atoms with van der Waals surface area (Å²) in [4.78, 5) is 35.6. The minimum atomic E-state index is -1.08. The van der Waals surface area contributed by atoms with Gasteiger partial charge in [0.25, 0.3) is 0 Å². The van der Waals surface area contributed by atoms with E-state index in [1.807, 2.05) is 0 Å². The van der Waals surface area contributed by atoms with Crippen LogP contribution in [0.15, 0.2) is 4.99 Å². The molecule has 0 rings (SSSR count). The summed E-state index contributed by atoms with van der Waals surface area (Å²) in [5.41, 5.74) is 10.7. The van der Waals surface area contributed by atoms with E-state index in [2.05, 4.69) is 10.3 Å². The number of guanidine groups is 1. The Hall–Kier alpha value is -2.16. The van der Waals surface area contributed by atoms with Crippen LogP contribution in [0.2, 0.25) is 0 Å². The molecule has 0 aliphatic rings. The first-order valence-corrected chi connectivity index (χ1v) is 5.63. The van der Waals surface area contributed by atoms with Crippen LogP contribution >= 0.6 is 0 Å². The Bertz CT molecular complexity index is 369. The van der Waals surface area contributed by atoms with Crippen LogP contribution in [-0.4, -0.2) is 46.6 Å². The van der Waals surface area contributed by atoms with Crippen molar-refractivity contribution in [1.82, 2.24) is 5.32 Å². The van der Waals surface area contributed by atoms with E-state index in [4.69, 9.17) is 21.7 Å². The average molecular weight is 274 g/mol. The number of carbonyl (C=O) groups excluding carboxylic acids is 1. The zero-order valence-electron chi connectivity index (χ0n) is 10.3. The summed E-state index contributed by atoms with van der Waals surface area (Å²) in [5.74, 6) is -2.82. The summed E-state index contributed by atoms with van der Waals surface area (Å²) in [7, 11) is 0. The normalized spacial score (nSPS) is 12.8. The van der Waals surface area contributed by atoms with Gasteiger partial charge in [-0.3, -0.25) is 24.7 Å². The highest BCUT2D eigenvalue weighted by molar-refractivity contribution is 5.96. The number of nitrogens with two attached hydrogens (primary N) is 2. The van der Waals surface area contributed by atoms with Crippen LogP contribution in [0.1, 0.15) is 25.7 Å². The van der Waals surface area contributed by atoms with Crippen LogP contribution in [0.5, 0.6) is 0 Å². The van der Waals surface area contributed by atoms with Gasteiger partial charge in [0.05, 0.1) is 6.42 Å². The lowest BCUT2D eigenvalue weighted by Crippen LogP contribution is -2.37. The lowest BCUT2D eigenvalue weighted by atomic mass is 10.2. The van der Waals surface area contributed by atoms with Crippen LogP contribution < -0.4 is 16.8 Å². The highest BCUT2D eigenvalue weighted by Gasteiger charge is 2.10. The molecule has 0 aromatic carbocycles. The Morgan fingerprint density at radius 2 is 1.84 bits per heavy atom. The first-order chi connectivity index (χ1) is 8.82. The van der Waals surface area contributed by atoms with E-state index >= 15 is 0 Å². The van der Waals surface area contributed by atoms with E-state index in [1.165, 1.54) is 0 Å². The van der Waals surface area contributed by atoms with Crippen molar-refractivity contribution < 1.29 is 24.6 Å². The number of aliphatic carboxylic acids is 2. The molecular formula is C10H18N4O5. The number of carboxylic acid groups (broad SMARTS) is 2. The quantitative estimate of drug-likeness (QED) is 0.203. The van der Waals surface area contributed by atoms with Crippen LogP contribution in [0.3, 0.4) is 0 Å². The molecule has 7 N–H and O–H groups in total. The van der Waals surface area contributed by atoms with Crippen LogP contribution in [0.4, 0.5) is 0 Å². The van der Waals surface area contributed by atoms with Crippen molar-refractivity contribution in [2.75, 3.05) is 6.54 Å². The minimum Gasteiger partial charge on any atom is -0.481 e. The predicted octanol–water partition coefficient (Wildman–Crippen LogP) is -1.53. The van der Waals surface area contributed by atoms with Crippen molar-refractivity contribution in [3.05, 3.63) is 0 Å². The monoisotopic (exact) mass is 274 g/mol. The molecule has 1 atom stereocenters. The Morgan fingerprint density at radius 3 is 2.37 bits per heavy atom. The molecule has 0 bridgehead atoms. The molecule has 1 amide bonds. The lowest BCUT2D eigenvalue weighted by molar-refractivity contribution is -0.139. The van der Waals surface area contributed by atoms with Crippen molar-refractivity contribution >= 4 is 23.8 Å². The van der Waals surface area contributed by atoms with Crippen molar-refractivity contribution in [2.24, 2.45) is 16.5 Å². The second-order valence-electron chi connectivity index (χ2n) is 3.80. The van der Waals surface area contributed by atoms with Gasteiger partial charge in [0, 0.05) is 13.0 Å². The molecule has 0 saturated heterocycles. The highest BCUT2D eigenvalue weighted by Crippen LogP contribution is 1.95. The van der Waals surface area contributed by atoms with Gasteiger partial charge in [0.15, 0.2) is 5.96 Å². The molecular weight excluding hydrogens is 256 g/mol. The van der Waals surface area contributed by atoms with E-state index in [1.54, 1.807) is 0 Å². The molecule has 0 aliphatic heterocycles. The molecule has 9 nitrogen and oxygen atoms in total. The number of aliphatic imine (C=N–C) groups is 1. The maximum Gasteiger partial charge on any atom is 0.320 e. The van der Waals surface area contributed by atoms with Crippen LogP contribution in [0, 0.1) is 0 Å². The number of nitrogens with zero attached hydrogens (tertiary/aromatic N) is 1. The number of rotatable bonds is 8. The fraction of sp³-hybridized carbons (Fsp3) is 0.600. The molecule has 19 heavy (non-hydrogen) atoms. The molecule has 9 heteroatoms. The Morgan fingerprint density at radius 1 is 1.21 bits per heavy atom. The molecule has 0 aromatic rings. The van der Waals surface area contributed by atoms with Gasteiger partial charge in [-0.1, -0.05) is 0 Å². The summed E-state index contributed by atoms with van der Waals surface area (Å²) in [6.07, 6.45) is 0.195. The van der Waals surface area contributed by atoms with Gasteiger partial charge in [-0.15, -0.1) is 0 Å². The third-order valence-electron chi connectivity index (χ3n) is 2.11. The smallest absolute Gasteiger partial charge is 0.320 e. The summed E-state index contributed by atoms with van der Waals surface area (Å²) >= 11 is 0. The van der Waals surface area contributed by atoms with E-state index in [-0.39, 0.29) is 31.8 Å². The second kappa shape index (κ2) is 8.86. The van der Waals surface area contributed by atoms with Crippen molar-refractivity contribution in [2.45, 2.75) is 31.7 Å². The van der Waals surface area contributed by atoms with E-state index < -0.39 is 23.9 Å². The SMILES string of the molecule is NC(=NCCC[C@H](N)C(=O)O)NC(=O)CCC(=O)O. The molecule has 0 radical (unpaired) electrons. The topological polar surface area (TPSA) is 168 Å². The molecule has 0 heterocycles. The molecule has 108 valence electrons. The van der Waals surface area contributed by atoms with Crippen molar-refractivity contribution in [3.63, 3.8) is 0 Å². The van der Waals surface area contributed by atoms with E-state index in [9.17, 15) is 14.4 Å². The Kier molecular flexibility index (Phi) is 7.85. The van der Waals surface area contributed by atoms with Crippen molar-refractivity contribution in [3.8, 4) is 0 Å². The summed E-state index contributed by atoms with van der Waals surface area (Å²) in [6.45, 7) is 0.228. The van der Waals surface area contributed by atoms with Gasteiger partial charge < -0.3 is 21.7 Å². The van der Waals surface area contributed by atoms with Gasteiger partial charge in [0.1, 0.15) is 6.04 Å². The number of carbonyl (C=O) groups is 3. The van der Waals surface area contributed by atoms with Gasteiger partial charge in [-0.05, 0) is 12.8 Å². The third kappa shape index (κ3) is 9.53. The largest absolute Gasteiger partial charge is 0.481 e. The molecule has 0 aliphatic carbocycles. The zero-order chi connectivity index (χ0) is 14.8.